The largest absolute Gasteiger partial charge is 0.444 e. The minimum absolute atomic E-state index is 0.118. The molecule has 0 aromatic carbocycles. The van der Waals surface area contributed by atoms with Gasteiger partial charge in [-0.2, -0.15) is 0 Å². The third kappa shape index (κ3) is 8.31. The molecule has 142 valence electrons. The van der Waals surface area contributed by atoms with Gasteiger partial charge >= 0.3 is 6.09 Å². The second kappa shape index (κ2) is 8.63. The Morgan fingerprint density at radius 1 is 1.32 bits per heavy atom. The number of amides is 1. The van der Waals surface area contributed by atoms with Crippen LogP contribution in [0.2, 0.25) is 0 Å². The maximum atomic E-state index is 12.1. The zero-order valence-corrected chi connectivity index (χ0v) is 16.7. The average Bonchev–Trinajstić information content (AvgIpc) is 2.41. The molecule has 0 bridgehead atoms. The third-order valence-electron chi connectivity index (χ3n) is 3.84. The van der Waals surface area contributed by atoms with E-state index in [9.17, 15) is 4.79 Å². The van der Waals surface area contributed by atoms with Gasteiger partial charge in [0.15, 0.2) is 0 Å². The standard InChI is InChI=1S/C19H34N4O2/c1-14-9-8-10-15(21-14)13-23(7)16(12-20)11-19(5,6)22-17(24)25-18(2,3)4/h8-10,16H,11-13,20H2,1-7H3,(H,22,24). The molecule has 1 atom stereocenters. The van der Waals surface area contributed by atoms with Crippen LogP contribution in [-0.2, 0) is 11.3 Å². The van der Waals surface area contributed by atoms with E-state index in [1.54, 1.807) is 0 Å². The summed E-state index contributed by atoms with van der Waals surface area (Å²) in [4.78, 5) is 18.8. The molecule has 0 saturated carbocycles. The van der Waals surface area contributed by atoms with E-state index in [0.29, 0.717) is 19.5 Å². The fraction of sp³-hybridized carbons (Fsp3) is 0.684. The van der Waals surface area contributed by atoms with Crippen molar-refractivity contribution in [1.82, 2.24) is 15.2 Å². The van der Waals surface area contributed by atoms with E-state index in [1.807, 2.05) is 66.8 Å². The van der Waals surface area contributed by atoms with Crippen LogP contribution in [0.1, 0.15) is 52.4 Å². The van der Waals surface area contributed by atoms with E-state index in [4.69, 9.17) is 10.5 Å². The van der Waals surface area contributed by atoms with Crippen LogP contribution in [0.25, 0.3) is 0 Å². The topological polar surface area (TPSA) is 80.5 Å². The van der Waals surface area contributed by atoms with Gasteiger partial charge in [-0.3, -0.25) is 9.88 Å². The predicted octanol–water partition coefficient (Wildman–Crippen LogP) is 2.84. The second-order valence-corrected chi connectivity index (χ2v) is 8.29. The van der Waals surface area contributed by atoms with Gasteiger partial charge in [-0.05, 0) is 67.1 Å². The van der Waals surface area contributed by atoms with E-state index in [0.717, 1.165) is 11.4 Å². The maximum Gasteiger partial charge on any atom is 0.408 e. The summed E-state index contributed by atoms with van der Waals surface area (Å²) in [5, 5.41) is 2.95. The fourth-order valence-corrected chi connectivity index (χ4v) is 2.71. The van der Waals surface area contributed by atoms with Crippen molar-refractivity contribution in [1.29, 1.82) is 0 Å². The van der Waals surface area contributed by atoms with Crippen LogP contribution in [0, 0.1) is 6.92 Å². The van der Waals surface area contributed by atoms with E-state index >= 15 is 0 Å². The predicted molar refractivity (Wildman–Crippen MR) is 101 cm³/mol. The third-order valence-corrected chi connectivity index (χ3v) is 3.84. The van der Waals surface area contributed by atoms with Crippen LogP contribution >= 0.6 is 0 Å². The lowest BCUT2D eigenvalue weighted by molar-refractivity contribution is 0.0450. The van der Waals surface area contributed by atoms with Gasteiger partial charge in [-0.25, -0.2) is 4.79 Å². The van der Waals surface area contributed by atoms with E-state index < -0.39 is 17.2 Å². The van der Waals surface area contributed by atoms with Gasteiger partial charge in [0.05, 0.1) is 5.69 Å². The van der Waals surface area contributed by atoms with Crippen molar-refractivity contribution in [3.05, 3.63) is 29.6 Å². The number of rotatable bonds is 7. The molecule has 0 aliphatic carbocycles. The van der Waals surface area contributed by atoms with Crippen molar-refractivity contribution in [2.75, 3.05) is 13.6 Å². The highest BCUT2D eigenvalue weighted by molar-refractivity contribution is 5.68. The summed E-state index contributed by atoms with van der Waals surface area (Å²) in [6, 6.07) is 6.13. The van der Waals surface area contributed by atoms with Crippen LogP contribution in [0.15, 0.2) is 18.2 Å². The van der Waals surface area contributed by atoms with E-state index in [1.165, 1.54) is 0 Å². The Labute approximate surface area is 152 Å². The molecule has 3 N–H and O–H groups in total. The highest BCUT2D eigenvalue weighted by Gasteiger charge is 2.29. The highest BCUT2D eigenvalue weighted by Crippen LogP contribution is 2.17. The number of aryl methyl sites for hydroxylation is 1. The van der Waals surface area contributed by atoms with Crippen molar-refractivity contribution < 1.29 is 9.53 Å². The summed E-state index contributed by atoms with van der Waals surface area (Å²) >= 11 is 0. The molecule has 1 heterocycles. The molecule has 1 aromatic heterocycles. The number of carbonyl (C=O) groups is 1. The molecule has 0 saturated heterocycles. The molecule has 6 nitrogen and oxygen atoms in total. The average molecular weight is 351 g/mol. The first kappa shape index (κ1) is 21.4. The van der Waals surface area contributed by atoms with Crippen LogP contribution in [0.5, 0.6) is 0 Å². The molecule has 6 heteroatoms. The molecule has 1 rings (SSSR count). The summed E-state index contributed by atoms with van der Waals surface area (Å²) in [7, 11) is 2.03. The molecule has 1 amide bonds. The molecule has 0 spiro atoms. The molecule has 1 unspecified atom stereocenters. The molecule has 0 aliphatic heterocycles. The highest BCUT2D eigenvalue weighted by atomic mass is 16.6. The lowest BCUT2D eigenvalue weighted by Gasteiger charge is -2.35. The minimum atomic E-state index is -0.513. The number of pyridine rings is 1. The van der Waals surface area contributed by atoms with Gasteiger partial charge in [-0.1, -0.05) is 6.07 Å². The zero-order chi connectivity index (χ0) is 19.3. The minimum Gasteiger partial charge on any atom is -0.444 e. The van der Waals surface area contributed by atoms with Gasteiger partial charge in [0.2, 0.25) is 0 Å². The summed E-state index contributed by atoms with van der Waals surface area (Å²) in [6.45, 7) is 12.7. The molecular formula is C19H34N4O2. The smallest absolute Gasteiger partial charge is 0.408 e. The summed E-state index contributed by atoms with van der Waals surface area (Å²) in [6.07, 6.45) is 0.307. The fourth-order valence-electron chi connectivity index (χ4n) is 2.71. The van der Waals surface area contributed by atoms with Gasteiger partial charge in [-0.15, -0.1) is 0 Å². The van der Waals surface area contributed by atoms with Crippen LogP contribution in [-0.4, -0.2) is 46.8 Å². The Kier molecular flexibility index (Phi) is 7.38. The number of nitrogens with one attached hydrogen (secondary N) is 1. The Bertz CT molecular complexity index is 567. The van der Waals surface area contributed by atoms with Gasteiger partial charge in [0, 0.05) is 30.4 Å². The van der Waals surface area contributed by atoms with Crippen LogP contribution < -0.4 is 11.1 Å². The van der Waals surface area contributed by atoms with Gasteiger partial charge < -0.3 is 15.8 Å². The van der Waals surface area contributed by atoms with Crippen molar-refractivity contribution in [2.24, 2.45) is 5.73 Å². The summed E-state index contributed by atoms with van der Waals surface area (Å²) in [5.41, 5.74) is 7.06. The first-order chi connectivity index (χ1) is 11.4. The Morgan fingerprint density at radius 3 is 2.48 bits per heavy atom. The monoisotopic (exact) mass is 350 g/mol. The second-order valence-electron chi connectivity index (χ2n) is 8.29. The first-order valence-corrected chi connectivity index (χ1v) is 8.76. The van der Waals surface area contributed by atoms with Crippen molar-refractivity contribution in [2.45, 2.75) is 71.7 Å². The molecule has 0 fully saturated rings. The number of hydrogen-bond donors (Lipinski definition) is 2. The zero-order valence-electron chi connectivity index (χ0n) is 16.7. The van der Waals surface area contributed by atoms with E-state index in [-0.39, 0.29) is 6.04 Å². The van der Waals surface area contributed by atoms with E-state index in [2.05, 4.69) is 15.2 Å². The quantitative estimate of drug-likeness (QED) is 0.790. The SMILES string of the molecule is Cc1cccc(CN(C)C(CN)CC(C)(C)NC(=O)OC(C)(C)C)n1. The maximum absolute atomic E-state index is 12.1. The Hall–Kier alpha value is -1.66. The summed E-state index contributed by atoms with van der Waals surface area (Å²) in [5.74, 6) is 0. The lowest BCUT2D eigenvalue weighted by atomic mass is 9.94. The number of nitrogens with two attached hydrogens (primary N) is 1. The normalized spacial score (nSPS) is 13.6. The van der Waals surface area contributed by atoms with Crippen molar-refractivity contribution >= 4 is 6.09 Å². The number of hydrogen-bond acceptors (Lipinski definition) is 5. The van der Waals surface area contributed by atoms with Gasteiger partial charge in [0.1, 0.15) is 5.60 Å². The number of ether oxygens (including phenoxy) is 1. The molecule has 0 aliphatic rings. The number of aromatic nitrogens is 1. The van der Waals surface area contributed by atoms with Crippen LogP contribution in [0.3, 0.4) is 0 Å². The first-order valence-electron chi connectivity index (χ1n) is 8.76. The van der Waals surface area contributed by atoms with Crippen molar-refractivity contribution in [3.8, 4) is 0 Å². The molecule has 25 heavy (non-hydrogen) atoms. The number of likely N-dealkylation sites (N-methyl/N-ethyl adjacent to an activating group) is 1. The number of nitrogens with zero attached hydrogens (tertiary/aromatic N) is 2. The number of carbonyl (C=O) groups excluding carboxylic acids is 1. The molecular weight excluding hydrogens is 316 g/mol. The summed E-state index contributed by atoms with van der Waals surface area (Å²) < 4.78 is 5.35. The van der Waals surface area contributed by atoms with Gasteiger partial charge in [0.25, 0.3) is 0 Å². The molecule has 0 radical (unpaired) electrons. The Morgan fingerprint density at radius 2 is 1.96 bits per heavy atom. The number of alkyl carbamates (subject to hydrolysis) is 1. The van der Waals surface area contributed by atoms with Crippen LogP contribution in [0.4, 0.5) is 4.79 Å². The van der Waals surface area contributed by atoms with Crippen molar-refractivity contribution in [3.63, 3.8) is 0 Å². The Balaban J connectivity index is 2.67. The lowest BCUT2D eigenvalue weighted by Crippen LogP contribution is -2.51. The molecule has 1 aromatic rings.